The van der Waals surface area contributed by atoms with Gasteiger partial charge >= 0.3 is 0 Å². The lowest BCUT2D eigenvalue weighted by Gasteiger charge is -2.34. The van der Waals surface area contributed by atoms with Crippen LogP contribution in [0.5, 0.6) is 0 Å². The SMILES string of the molecule is CNc1ncnc(NC2CCCN(Cc3ccccc3)C2)c1C(C)C. The zero-order valence-electron chi connectivity index (χ0n) is 15.5. The van der Waals surface area contributed by atoms with E-state index in [1.165, 1.54) is 24.0 Å². The van der Waals surface area contributed by atoms with Crippen molar-refractivity contribution >= 4 is 11.6 Å². The predicted molar refractivity (Wildman–Crippen MR) is 104 cm³/mol. The number of hydrogen-bond acceptors (Lipinski definition) is 5. The summed E-state index contributed by atoms with van der Waals surface area (Å²) in [6.07, 6.45) is 4.04. The van der Waals surface area contributed by atoms with Crippen molar-refractivity contribution in [3.8, 4) is 0 Å². The van der Waals surface area contributed by atoms with E-state index in [2.05, 4.69) is 69.7 Å². The number of nitrogens with zero attached hydrogens (tertiary/aromatic N) is 3. The van der Waals surface area contributed by atoms with E-state index in [-0.39, 0.29) is 0 Å². The van der Waals surface area contributed by atoms with E-state index < -0.39 is 0 Å². The Bertz CT molecular complexity index is 671. The molecule has 1 aromatic heterocycles. The minimum atomic E-state index is 0.371. The van der Waals surface area contributed by atoms with Gasteiger partial charge in [0, 0.05) is 31.7 Å². The van der Waals surface area contributed by atoms with Crippen LogP contribution in [0.25, 0.3) is 0 Å². The van der Waals surface area contributed by atoms with Crippen molar-refractivity contribution in [2.75, 3.05) is 30.8 Å². The Labute approximate surface area is 150 Å². The van der Waals surface area contributed by atoms with Gasteiger partial charge in [0.25, 0.3) is 0 Å². The highest BCUT2D eigenvalue weighted by Gasteiger charge is 2.22. The molecule has 134 valence electrons. The molecule has 0 saturated carbocycles. The van der Waals surface area contributed by atoms with Crippen molar-refractivity contribution < 1.29 is 0 Å². The predicted octanol–water partition coefficient (Wildman–Crippen LogP) is 3.72. The molecule has 0 radical (unpaired) electrons. The second kappa shape index (κ2) is 8.30. The summed E-state index contributed by atoms with van der Waals surface area (Å²) in [4.78, 5) is 11.4. The van der Waals surface area contributed by atoms with E-state index >= 15 is 0 Å². The van der Waals surface area contributed by atoms with Gasteiger partial charge in [0.2, 0.25) is 0 Å². The Kier molecular flexibility index (Phi) is 5.87. The molecule has 1 aliphatic heterocycles. The molecule has 1 atom stereocenters. The minimum absolute atomic E-state index is 0.371. The van der Waals surface area contributed by atoms with E-state index in [0.29, 0.717) is 12.0 Å². The lowest BCUT2D eigenvalue weighted by molar-refractivity contribution is 0.208. The van der Waals surface area contributed by atoms with Gasteiger partial charge in [0.1, 0.15) is 18.0 Å². The van der Waals surface area contributed by atoms with E-state index in [4.69, 9.17) is 0 Å². The van der Waals surface area contributed by atoms with E-state index in [0.717, 1.165) is 31.3 Å². The minimum Gasteiger partial charge on any atom is -0.373 e. The molecule has 1 saturated heterocycles. The van der Waals surface area contributed by atoms with Gasteiger partial charge in [-0.15, -0.1) is 0 Å². The van der Waals surface area contributed by atoms with Gasteiger partial charge in [-0.05, 0) is 30.9 Å². The van der Waals surface area contributed by atoms with Crippen molar-refractivity contribution in [1.29, 1.82) is 0 Å². The molecule has 2 heterocycles. The maximum atomic E-state index is 4.53. The fraction of sp³-hybridized carbons (Fsp3) is 0.500. The van der Waals surface area contributed by atoms with Crippen LogP contribution >= 0.6 is 0 Å². The molecule has 0 bridgehead atoms. The molecule has 2 N–H and O–H groups in total. The van der Waals surface area contributed by atoms with Crippen LogP contribution < -0.4 is 10.6 Å². The number of likely N-dealkylation sites (tertiary alicyclic amines) is 1. The Morgan fingerprint density at radius 1 is 1.16 bits per heavy atom. The van der Waals surface area contributed by atoms with Crippen LogP contribution in [0.4, 0.5) is 11.6 Å². The zero-order valence-corrected chi connectivity index (χ0v) is 15.5. The summed E-state index contributed by atoms with van der Waals surface area (Å²) in [6.45, 7) is 7.60. The number of hydrogen-bond donors (Lipinski definition) is 2. The maximum Gasteiger partial charge on any atom is 0.135 e. The number of benzene rings is 1. The summed E-state index contributed by atoms with van der Waals surface area (Å²) in [6, 6.07) is 11.1. The molecule has 3 rings (SSSR count). The van der Waals surface area contributed by atoms with E-state index in [1.54, 1.807) is 6.33 Å². The second-order valence-electron chi connectivity index (χ2n) is 7.09. The molecule has 5 heteroatoms. The van der Waals surface area contributed by atoms with Crippen molar-refractivity contribution in [2.24, 2.45) is 0 Å². The lowest BCUT2D eigenvalue weighted by atomic mass is 10.0. The summed E-state index contributed by atoms with van der Waals surface area (Å²) >= 11 is 0. The standard InChI is InChI=1S/C20H29N5/c1-15(2)18-19(21-3)22-14-23-20(18)24-17-10-7-11-25(13-17)12-16-8-5-4-6-9-16/h4-6,8-9,14-15,17H,7,10-13H2,1-3H3,(H2,21,22,23,24). The molecule has 1 unspecified atom stereocenters. The summed E-state index contributed by atoms with van der Waals surface area (Å²) < 4.78 is 0. The number of anilines is 2. The van der Waals surface area contributed by atoms with Gasteiger partial charge in [-0.25, -0.2) is 9.97 Å². The Balaban J connectivity index is 1.69. The summed E-state index contributed by atoms with van der Waals surface area (Å²) in [7, 11) is 1.92. The van der Waals surface area contributed by atoms with Gasteiger partial charge in [-0.1, -0.05) is 44.2 Å². The molecule has 0 amide bonds. The van der Waals surface area contributed by atoms with E-state index in [1.807, 2.05) is 7.05 Å². The number of piperidine rings is 1. The first kappa shape index (κ1) is 17.7. The van der Waals surface area contributed by atoms with Crippen molar-refractivity contribution in [3.05, 3.63) is 47.8 Å². The Hall–Kier alpha value is -2.14. The monoisotopic (exact) mass is 339 g/mol. The molecule has 0 spiro atoms. The summed E-state index contributed by atoms with van der Waals surface area (Å²) in [5.74, 6) is 2.26. The first-order valence-corrected chi connectivity index (χ1v) is 9.23. The van der Waals surface area contributed by atoms with Crippen LogP contribution in [0.1, 0.15) is 43.7 Å². The Morgan fingerprint density at radius 2 is 1.92 bits per heavy atom. The first-order chi connectivity index (χ1) is 12.2. The highest BCUT2D eigenvalue weighted by atomic mass is 15.2. The normalized spacial score (nSPS) is 18.3. The average Bonchev–Trinajstić information content (AvgIpc) is 2.62. The topological polar surface area (TPSA) is 53.1 Å². The molecule has 0 aliphatic carbocycles. The van der Waals surface area contributed by atoms with Crippen LogP contribution in [-0.2, 0) is 6.54 Å². The molecule has 1 aliphatic rings. The fourth-order valence-corrected chi connectivity index (χ4v) is 3.61. The highest BCUT2D eigenvalue weighted by molar-refractivity contribution is 5.59. The first-order valence-electron chi connectivity index (χ1n) is 9.23. The Morgan fingerprint density at radius 3 is 2.64 bits per heavy atom. The zero-order chi connectivity index (χ0) is 17.6. The third-order valence-electron chi connectivity index (χ3n) is 4.79. The van der Waals surface area contributed by atoms with Gasteiger partial charge in [0.05, 0.1) is 0 Å². The largest absolute Gasteiger partial charge is 0.373 e. The fourth-order valence-electron chi connectivity index (χ4n) is 3.61. The summed E-state index contributed by atoms with van der Waals surface area (Å²) in [5.41, 5.74) is 2.55. The van der Waals surface area contributed by atoms with Gasteiger partial charge < -0.3 is 10.6 Å². The molecular formula is C20H29N5. The maximum absolute atomic E-state index is 4.53. The van der Waals surface area contributed by atoms with Gasteiger partial charge in [-0.2, -0.15) is 0 Å². The average molecular weight is 339 g/mol. The van der Waals surface area contributed by atoms with Crippen LogP contribution in [0.2, 0.25) is 0 Å². The highest BCUT2D eigenvalue weighted by Crippen LogP contribution is 2.29. The lowest BCUT2D eigenvalue weighted by Crippen LogP contribution is -2.42. The van der Waals surface area contributed by atoms with Crippen LogP contribution in [0, 0.1) is 0 Å². The molecule has 2 aromatic rings. The molecule has 1 fully saturated rings. The third kappa shape index (κ3) is 4.48. The summed E-state index contributed by atoms with van der Waals surface area (Å²) in [5, 5.41) is 6.88. The van der Waals surface area contributed by atoms with Crippen LogP contribution in [0.15, 0.2) is 36.7 Å². The van der Waals surface area contributed by atoms with Crippen molar-refractivity contribution in [2.45, 2.75) is 45.2 Å². The molecule has 25 heavy (non-hydrogen) atoms. The number of aromatic nitrogens is 2. The van der Waals surface area contributed by atoms with Crippen LogP contribution in [-0.4, -0.2) is 41.0 Å². The quantitative estimate of drug-likeness (QED) is 0.840. The molecular weight excluding hydrogens is 310 g/mol. The smallest absolute Gasteiger partial charge is 0.135 e. The second-order valence-corrected chi connectivity index (χ2v) is 7.09. The number of nitrogens with one attached hydrogen (secondary N) is 2. The molecule has 5 nitrogen and oxygen atoms in total. The van der Waals surface area contributed by atoms with Crippen LogP contribution in [0.3, 0.4) is 0 Å². The number of rotatable bonds is 6. The van der Waals surface area contributed by atoms with Gasteiger partial charge in [0.15, 0.2) is 0 Å². The van der Waals surface area contributed by atoms with E-state index in [9.17, 15) is 0 Å². The van der Waals surface area contributed by atoms with Gasteiger partial charge in [-0.3, -0.25) is 4.90 Å². The molecule has 1 aromatic carbocycles. The third-order valence-corrected chi connectivity index (χ3v) is 4.79. The van der Waals surface area contributed by atoms with Crippen molar-refractivity contribution in [1.82, 2.24) is 14.9 Å². The van der Waals surface area contributed by atoms with Crippen molar-refractivity contribution in [3.63, 3.8) is 0 Å².